The van der Waals surface area contributed by atoms with E-state index in [1.54, 1.807) is 0 Å². The van der Waals surface area contributed by atoms with Crippen molar-refractivity contribution in [2.45, 2.75) is 51.4 Å². The number of allylic oxidation sites excluding steroid dienone is 5. The first-order chi connectivity index (χ1) is 17.7. The maximum Gasteiger partial charge on any atom is 0.199 e. The van der Waals surface area contributed by atoms with Crippen molar-refractivity contribution in [3.8, 4) is 0 Å². The number of thiocarbonyl (C=S) groups is 1. The molecule has 6 rings (SSSR count). The fraction of sp³-hybridized carbons (Fsp3) is 0.438. The van der Waals surface area contributed by atoms with Gasteiger partial charge in [0.05, 0.1) is 4.88 Å². The molecule has 37 heavy (non-hydrogen) atoms. The number of fused-ring (bicyclic) bond motifs is 3. The van der Waals surface area contributed by atoms with Crippen LogP contribution in [0.25, 0.3) is 5.57 Å². The van der Waals surface area contributed by atoms with E-state index in [1.807, 2.05) is 11.3 Å². The van der Waals surface area contributed by atoms with Crippen LogP contribution in [0.4, 0.5) is 5.69 Å². The van der Waals surface area contributed by atoms with E-state index in [1.165, 1.54) is 80.2 Å². The molecule has 2 aliphatic heterocycles. The van der Waals surface area contributed by atoms with Crippen LogP contribution in [0.3, 0.4) is 0 Å². The lowest BCUT2D eigenvalue weighted by Crippen LogP contribution is -2.35. The zero-order valence-corrected chi connectivity index (χ0v) is 24.5. The van der Waals surface area contributed by atoms with Gasteiger partial charge in [0.1, 0.15) is 19.1 Å². The SMILES string of the molecule is CN1CCC(C)(C)c2cc3c(cc21)CC1=CC(=[N+](C)C)C=CC1=C3c1ccc(C(=S)N2CCCCC2)s1. The number of likely N-dealkylation sites (tertiary alicyclic amines) is 1. The van der Waals surface area contributed by atoms with E-state index < -0.39 is 0 Å². The van der Waals surface area contributed by atoms with Gasteiger partial charge in [-0.15, -0.1) is 11.3 Å². The van der Waals surface area contributed by atoms with Gasteiger partial charge < -0.3 is 9.80 Å². The van der Waals surface area contributed by atoms with E-state index >= 15 is 0 Å². The summed E-state index contributed by atoms with van der Waals surface area (Å²) in [7, 11) is 6.51. The molecule has 1 aromatic heterocycles. The summed E-state index contributed by atoms with van der Waals surface area (Å²) in [5.74, 6) is 0. The van der Waals surface area contributed by atoms with Gasteiger partial charge in [0.15, 0.2) is 5.71 Å². The van der Waals surface area contributed by atoms with Crippen LogP contribution in [0.2, 0.25) is 0 Å². The minimum Gasteiger partial charge on any atom is -0.374 e. The largest absolute Gasteiger partial charge is 0.374 e. The van der Waals surface area contributed by atoms with Crippen LogP contribution in [0.1, 0.15) is 66.0 Å². The molecule has 1 fully saturated rings. The highest BCUT2D eigenvalue weighted by Gasteiger charge is 2.34. The van der Waals surface area contributed by atoms with Crippen molar-refractivity contribution in [2.24, 2.45) is 0 Å². The molecule has 0 amide bonds. The first-order valence-corrected chi connectivity index (χ1v) is 14.9. The molecule has 3 nitrogen and oxygen atoms in total. The summed E-state index contributed by atoms with van der Waals surface area (Å²) in [4.78, 5) is 8.46. The normalized spacial score (nSPS) is 20.4. The van der Waals surface area contributed by atoms with E-state index in [2.05, 4.69) is 91.9 Å². The number of hydrogen-bond acceptors (Lipinski definition) is 3. The minimum absolute atomic E-state index is 0.174. The lowest BCUT2D eigenvalue weighted by atomic mass is 9.73. The first kappa shape index (κ1) is 24.8. The molecular weight excluding hydrogens is 491 g/mol. The molecule has 0 unspecified atom stereocenters. The third-order valence-electron chi connectivity index (χ3n) is 8.67. The van der Waals surface area contributed by atoms with Crippen LogP contribution in [0.5, 0.6) is 0 Å². The second-order valence-electron chi connectivity index (χ2n) is 11.9. The predicted octanol–water partition coefficient (Wildman–Crippen LogP) is 6.59. The molecule has 192 valence electrons. The number of rotatable bonds is 2. The van der Waals surface area contributed by atoms with Gasteiger partial charge in [-0.1, -0.05) is 26.1 Å². The molecule has 0 N–H and O–H groups in total. The highest BCUT2D eigenvalue weighted by molar-refractivity contribution is 7.81. The second kappa shape index (κ2) is 9.36. The van der Waals surface area contributed by atoms with E-state index in [0.717, 1.165) is 31.0 Å². The molecule has 0 atom stereocenters. The van der Waals surface area contributed by atoms with Crippen molar-refractivity contribution in [2.75, 3.05) is 45.7 Å². The van der Waals surface area contributed by atoms with Crippen molar-refractivity contribution in [1.82, 2.24) is 4.90 Å². The Labute approximate surface area is 231 Å². The maximum absolute atomic E-state index is 6.00. The van der Waals surface area contributed by atoms with Gasteiger partial charge in [0.2, 0.25) is 0 Å². The van der Waals surface area contributed by atoms with Crippen LogP contribution in [-0.2, 0) is 11.8 Å². The highest BCUT2D eigenvalue weighted by atomic mass is 32.1. The Balaban J connectivity index is 1.51. The van der Waals surface area contributed by atoms with Crippen LogP contribution < -0.4 is 4.90 Å². The number of hydrogen-bond donors (Lipinski definition) is 0. The molecule has 2 aromatic rings. The van der Waals surface area contributed by atoms with Crippen molar-refractivity contribution in [3.05, 3.63) is 80.1 Å². The Hall–Kier alpha value is -2.50. The van der Waals surface area contributed by atoms with Crippen LogP contribution in [0.15, 0.2) is 53.6 Å². The molecular formula is C32H38N3S2+. The smallest absolute Gasteiger partial charge is 0.199 e. The number of benzene rings is 1. The fourth-order valence-electron chi connectivity index (χ4n) is 6.27. The molecule has 0 radical (unpaired) electrons. The minimum atomic E-state index is 0.174. The lowest BCUT2D eigenvalue weighted by molar-refractivity contribution is -0.462. The monoisotopic (exact) mass is 528 g/mol. The Morgan fingerprint density at radius 1 is 1.03 bits per heavy atom. The molecule has 3 heterocycles. The van der Waals surface area contributed by atoms with Gasteiger partial charge in [0, 0.05) is 55.0 Å². The highest BCUT2D eigenvalue weighted by Crippen LogP contribution is 2.48. The fourth-order valence-corrected chi connectivity index (χ4v) is 7.70. The van der Waals surface area contributed by atoms with Crippen molar-refractivity contribution in [1.29, 1.82) is 0 Å². The topological polar surface area (TPSA) is 9.49 Å². The molecule has 2 aliphatic carbocycles. The molecule has 0 bridgehead atoms. The predicted molar refractivity (Wildman–Crippen MR) is 163 cm³/mol. The van der Waals surface area contributed by atoms with E-state index in [-0.39, 0.29) is 5.41 Å². The number of nitrogens with zero attached hydrogens (tertiary/aromatic N) is 3. The van der Waals surface area contributed by atoms with Gasteiger partial charge in [-0.25, -0.2) is 4.58 Å². The summed E-state index contributed by atoms with van der Waals surface area (Å²) < 4.78 is 2.21. The van der Waals surface area contributed by atoms with Crippen molar-refractivity contribution < 1.29 is 4.58 Å². The average molecular weight is 529 g/mol. The first-order valence-electron chi connectivity index (χ1n) is 13.7. The van der Waals surface area contributed by atoms with E-state index in [4.69, 9.17) is 12.2 Å². The standard InChI is InChI=1S/C32H38N3S2/c1-32(2)13-16-34(5)27-19-22-17-21-18-23(33(3)4)9-10-24(21)30(25(22)20-26(27)32)28-11-12-29(37-28)31(36)35-14-7-6-8-15-35/h9-12,18-20H,6-8,13-17H2,1-5H3/q+1. The van der Waals surface area contributed by atoms with Crippen LogP contribution in [0, 0.1) is 0 Å². The van der Waals surface area contributed by atoms with Gasteiger partial charge >= 0.3 is 0 Å². The molecule has 0 saturated carbocycles. The Kier molecular flexibility index (Phi) is 6.27. The van der Waals surface area contributed by atoms with Gasteiger partial charge in [-0.3, -0.25) is 0 Å². The maximum atomic E-state index is 6.00. The summed E-state index contributed by atoms with van der Waals surface area (Å²) in [5, 5.41) is 0. The van der Waals surface area contributed by atoms with Gasteiger partial charge in [-0.05, 0) is 95.7 Å². The summed E-state index contributed by atoms with van der Waals surface area (Å²) in [6.45, 7) is 8.11. The van der Waals surface area contributed by atoms with Crippen LogP contribution >= 0.6 is 23.6 Å². The summed E-state index contributed by atoms with van der Waals surface area (Å²) in [6, 6.07) is 9.60. The molecule has 4 aliphatic rings. The van der Waals surface area contributed by atoms with Gasteiger partial charge in [-0.2, -0.15) is 0 Å². The third-order valence-corrected chi connectivity index (χ3v) is 10.4. The summed E-state index contributed by atoms with van der Waals surface area (Å²) in [6.07, 6.45) is 13.0. The lowest BCUT2D eigenvalue weighted by Gasteiger charge is -2.40. The molecule has 1 aromatic carbocycles. The number of anilines is 1. The van der Waals surface area contributed by atoms with Crippen molar-refractivity contribution in [3.63, 3.8) is 0 Å². The third kappa shape index (κ3) is 4.34. The second-order valence-corrected chi connectivity index (χ2v) is 13.4. The Bertz CT molecular complexity index is 1410. The molecule has 0 spiro atoms. The molecule has 1 saturated heterocycles. The zero-order chi connectivity index (χ0) is 25.9. The summed E-state index contributed by atoms with van der Waals surface area (Å²) >= 11 is 7.87. The zero-order valence-electron chi connectivity index (χ0n) is 22.9. The van der Waals surface area contributed by atoms with Crippen LogP contribution in [-0.4, -0.2) is 61.0 Å². The quantitative estimate of drug-likeness (QED) is 0.321. The van der Waals surface area contributed by atoms with E-state index in [9.17, 15) is 0 Å². The molecule has 5 heteroatoms. The summed E-state index contributed by atoms with van der Waals surface area (Å²) in [5.41, 5.74) is 11.3. The van der Waals surface area contributed by atoms with Crippen molar-refractivity contribution >= 4 is 45.5 Å². The number of piperidine rings is 1. The van der Waals surface area contributed by atoms with Gasteiger partial charge in [0.25, 0.3) is 0 Å². The van der Waals surface area contributed by atoms with E-state index in [0.29, 0.717) is 0 Å². The number of thiophene rings is 1. The average Bonchev–Trinajstić information content (AvgIpc) is 3.38. The Morgan fingerprint density at radius 3 is 2.57 bits per heavy atom. The Morgan fingerprint density at radius 2 is 1.81 bits per heavy atom.